The van der Waals surface area contributed by atoms with Gasteiger partial charge in [-0.05, 0) is 12.8 Å². The van der Waals surface area contributed by atoms with Crippen LogP contribution in [0, 0.1) is 5.92 Å². The number of methoxy groups -OCH3 is 1. The summed E-state index contributed by atoms with van der Waals surface area (Å²) in [6.07, 6.45) is 1.08. The van der Waals surface area contributed by atoms with Gasteiger partial charge in [-0.3, -0.25) is 14.4 Å². The van der Waals surface area contributed by atoms with E-state index in [1.807, 2.05) is 0 Å². The number of likely N-dealkylation sites (tertiary alicyclic amines) is 1. The summed E-state index contributed by atoms with van der Waals surface area (Å²) in [4.78, 5) is 37.1. The maximum Gasteiger partial charge on any atom is 0.308 e. The minimum absolute atomic E-state index is 0.170. The first-order valence-corrected chi connectivity index (χ1v) is 6.60. The van der Waals surface area contributed by atoms with Gasteiger partial charge < -0.3 is 9.64 Å². The Labute approximate surface area is 117 Å². The van der Waals surface area contributed by atoms with E-state index in [1.165, 1.54) is 12.0 Å². The number of nitrogens with zero attached hydrogens (tertiary/aromatic N) is 1. The molecule has 1 heterocycles. The van der Waals surface area contributed by atoms with Crippen molar-refractivity contribution in [3.8, 4) is 0 Å². The number of ether oxygens (including phenoxy) is 1. The quantitative estimate of drug-likeness (QED) is 0.473. The minimum Gasteiger partial charge on any atom is -0.469 e. The third-order valence-corrected chi connectivity index (χ3v) is 3.55. The van der Waals surface area contributed by atoms with Gasteiger partial charge in [0.15, 0.2) is 0 Å². The summed E-state index contributed by atoms with van der Waals surface area (Å²) in [6.45, 7) is 0.828. The lowest BCUT2D eigenvalue weighted by atomic mass is 9.96. The number of amides is 1. The van der Waals surface area contributed by atoms with E-state index < -0.39 is 11.7 Å². The summed E-state index contributed by atoms with van der Waals surface area (Å²) in [7, 11) is 1.36. The molecule has 0 saturated carbocycles. The average Bonchev–Trinajstić information content (AvgIpc) is 2.53. The second-order valence-electron chi connectivity index (χ2n) is 4.78. The summed E-state index contributed by atoms with van der Waals surface area (Å²) in [5.74, 6) is -1.41. The van der Waals surface area contributed by atoms with Crippen LogP contribution in [0.4, 0.5) is 0 Å². The summed E-state index contributed by atoms with van der Waals surface area (Å²) in [6, 6.07) is 8.50. The summed E-state index contributed by atoms with van der Waals surface area (Å²) in [5.41, 5.74) is 0.396. The number of Topliss-reactive ketones (excluding diaryl/α,β-unsaturated/α-hetero) is 1. The Morgan fingerprint density at radius 1 is 1.10 bits per heavy atom. The monoisotopic (exact) mass is 275 g/mol. The molecular formula is C15H17NO4. The molecule has 2 rings (SSSR count). The highest BCUT2D eigenvalue weighted by Crippen LogP contribution is 2.19. The smallest absolute Gasteiger partial charge is 0.308 e. The molecule has 106 valence electrons. The fraction of sp³-hybridized carbons (Fsp3) is 0.400. The zero-order valence-corrected chi connectivity index (χ0v) is 11.4. The van der Waals surface area contributed by atoms with Crippen molar-refractivity contribution in [3.63, 3.8) is 0 Å². The molecule has 1 saturated heterocycles. The van der Waals surface area contributed by atoms with E-state index >= 15 is 0 Å². The molecule has 0 aromatic heterocycles. The Morgan fingerprint density at radius 3 is 2.25 bits per heavy atom. The van der Waals surface area contributed by atoms with E-state index in [9.17, 15) is 14.4 Å². The molecule has 0 atom stereocenters. The van der Waals surface area contributed by atoms with E-state index in [2.05, 4.69) is 0 Å². The third kappa shape index (κ3) is 3.04. The maximum absolute atomic E-state index is 12.1. The van der Waals surface area contributed by atoms with Gasteiger partial charge in [0.25, 0.3) is 5.91 Å². The number of carbonyl (C=O) groups is 3. The fourth-order valence-electron chi connectivity index (χ4n) is 2.34. The highest BCUT2D eigenvalue weighted by atomic mass is 16.5. The Hall–Kier alpha value is -2.17. The molecular weight excluding hydrogens is 258 g/mol. The van der Waals surface area contributed by atoms with Gasteiger partial charge in [-0.25, -0.2) is 0 Å². The van der Waals surface area contributed by atoms with Crippen LogP contribution in [0.2, 0.25) is 0 Å². The third-order valence-electron chi connectivity index (χ3n) is 3.55. The zero-order valence-electron chi connectivity index (χ0n) is 11.4. The molecule has 0 aliphatic carbocycles. The van der Waals surface area contributed by atoms with Crippen LogP contribution in [0.25, 0.3) is 0 Å². The molecule has 1 aromatic carbocycles. The molecule has 0 radical (unpaired) electrons. The van der Waals surface area contributed by atoms with E-state index in [1.54, 1.807) is 30.3 Å². The molecule has 1 aliphatic rings. The van der Waals surface area contributed by atoms with E-state index in [-0.39, 0.29) is 11.9 Å². The number of carbonyl (C=O) groups excluding carboxylic acids is 3. The zero-order chi connectivity index (χ0) is 14.5. The molecule has 5 heteroatoms. The van der Waals surface area contributed by atoms with Gasteiger partial charge in [-0.15, -0.1) is 0 Å². The summed E-state index contributed by atoms with van der Waals surface area (Å²) < 4.78 is 4.69. The predicted octanol–water partition coefficient (Wildman–Crippen LogP) is 1.28. The topological polar surface area (TPSA) is 63.7 Å². The standard InChI is InChI=1S/C15H17NO4/c1-20-15(19)12-7-9-16(10-8-12)14(18)13(17)11-5-3-2-4-6-11/h2-6,12H,7-10H2,1H3. The largest absolute Gasteiger partial charge is 0.469 e. The maximum atomic E-state index is 12.1. The lowest BCUT2D eigenvalue weighted by Gasteiger charge is -2.30. The predicted molar refractivity (Wildman–Crippen MR) is 72.1 cm³/mol. The lowest BCUT2D eigenvalue weighted by molar-refractivity contribution is -0.148. The van der Waals surface area contributed by atoms with Crippen molar-refractivity contribution in [1.29, 1.82) is 0 Å². The minimum atomic E-state index is -0.500. The molecule has 0 spiro atoms. The molecule has 0 unspecified atom stereocenters. The van der Waals surface area contributed by atoms with Crippen molar-refractivity contribution in [2.75, 3.05) is 20.2 Å². The van der Waals surface area contributed by atoms with Crippen molar-refractivity contribution in [3.05, 3.63) is 35.9 Å². The highest BCUT2D eigenvalue weighted by molar-refractivity contribution is 6.42. The van der Waals surface area contributed by atoms with Crippen LogP contribution in [0.5, 0.6) is 0 Å². The molecule has 0 bridgehead atoms. The van der Waals surface area contributed by atoms with Crippen LogP contribution >= 0.6 is 0 Å². The molecule has 20 heavy (non-hydrogen) atoms. The van der Waals surface area contributed by atoms with Crippen LogP contribution in [0.1, 0.15) is 23.2 Å². The van der Waals surface area contributed by atoms with Gasteiger partial charge >= 0.3 is 5.97 Å². The number of hydrogen-bond acceptors (Lipinski definition) is 4. The Bertz CT molecular complexity index is 504. The molecule has 0 N–H and O–H groups in total. The Balaban J connectivity index is 1.95. The molecule has 5 nitrogen and oxygen atoms in total. The number of rotatable bonds is 3. The average molecular weight is 275 g/mol. The second-order valence-corrected chi connectivity index (χ2v) is 4.78. The van der Waals surface area contributed by atoms with Crippen LogP contribution in [-0.2, 0) is 14.3 Å². The molecule has 1 aromatic rings. The normalized spacial score (nSPS) is 15.8. The van der Waals surface area contributed by atoms with Crippen molar-refractivity contribution in [2.24, 2.45) is 5.92 Å². The first-order valence-electron chi connectivity index (χ1n) is 6.60. The molecule has 1 amide bonds. The Morgan fingerprint density at radius 2 is 1.70 bits per heavy atom. The Kier molecular flexibility index (Phi) is 4.50. The van der Waals surface area contributed by atoms with E-state index in [0.717, 1.165) is 0 Å². The van der Waals surface area contributed by atoms with Crippen molar-refractivity contribution in [2.45, 2.75) is 12.8 Å². The number of esters is 1. The second kappa shape index (κ2) is 6.32. The van der Waals surface area contributed by atoms with Gasteiger partial charge in [-0.2, -0.15) is 0 Å². The lowest BCUT2D eigenvalue weighted by Crippen LogP contribution is -2.43. The SMILES string of the molecule is COC(=O)C1CCN(C(=O)C(=O)c2ccccc2)CC1. The first kappa shape index (κ1) is 14.2. The van der Waals surface area contributed by atoms with Gasteiger partial charge in [-0.1, -0.05) is 30.3 Å². The van der Waals surface area contributed by atoms with Crippen LogP contribution < -0.4 is 0 Å². The first-order chi connectivity index (χ1) is 9.63. The van der Waals surface area contributed by atoms with Crippen molar-refractivity contribution >= 4 is 17.7 Å². The summed E-state index contributed by atoms with van der Waals surface area (Å²) in [5, 5.41) is 0. The van der Waals surface area contributed by atoms with Gasteiger partial charge in [0, 0.05) is 18.7 Å². The van der Waals surface area contributed by atoms with Crippen LogP contribution in [-0.4, -0.2) is 42.8 Å². The van der Waals surface area contributed by atoms with Crippen LogP contribution in [0.3, 0.4) is 0 Å². The number of piperidine rings is 1. The number of hydrogen-bond donors (Lipinski definition) is 0. The van der Waals surface area contributed by atoms with Crippen molar-refractivity contribution in [1.82, 2.24) is 4.90 Å². The van der Waals surface area contributed by atoms with E-state index in [0.29, 0.717) is 31.5 Å². The summed E-state index contributed by atoms with van der Waals surface area (Å²) >= 11 is 0. The van der Waals surface area contributed by atoms with Gasteiger partial charge in [0.05, 0.1) is 13.0 Å². The highest BCUT2D eigenvalue weighted by Gasteiger charge is 2.30. The van der Waals surface area contributed by atoms with Gasteiger partial charge in [0.1, 0.15) is 0 Å². The fourth-order valence-corrected chi connectivity index (χ4v) is 2.34. The van der Waals surface area contributed by atoms with Crippen LogP contribution in [0.15, 0.2) is 30.3 Å². The van der Waals surface area contributed by atoms with Gasteiger partial charge in [0.2, 0.25) is 5.78 Å². The molecule has 1 aliphatic heterocycles. The van der Waals surface area contributed by atoms with E-state index in [4.69, 9.17) is 4.74 Å². The number of benzene rings is 1. The number of ketones is 1. The van der Waals surface area contributed by atoms with Crippen molar-refractivity contribution < 1.29 is 19.1 Å². The molecule has 1 fully saturated rings.